The predicted molar refractivity (Wildman–Crippen MR) is 76.6 cm³/mol. The minimum Gasteiger partial charge on any atom is -0.486 e. The maximum absolute atomic E-state index is 12.3. The Morgan fingerprint density at radius 3 is 2.76 bits per heavy atom. The molecule has 3 rings (SSSR count). The lowest BCUT2D eigenvalue weighted by Crippen LogP contribution is -2.52. The van der Waals surface area contributed by atoms with E-state index in [0.717, 1.165) is 0 Å². The number of ketones is 1. The molecule has 5 heteroatoms. The van der Waals surface area contributed by atoms with Crippen LogP contribution < -0.4 is 4.74 Å². The molecule has 1 aromatic rings. The molecule has 21 heavy (non-hydrogen) atoms. The summed E-state index contributed by atoms with van der Waals surface area (Å²) in [5.74, 6) is 0.791. The van der Waals surface area contributed by atoms with Gasteiger partial charge >= 0.3 is 6.09 Å². The number of Topliss-reactive ketones (excluding diaryl/α,β-unsaturated/α-hetero) is 1. The smallest absolute Gasteiger partial charge is 0.409 e. The van der Waals surface area contributed by atoms with Gasteiger partial charge in [-0.1, -0.05) is 12.1 Å². The number of carbonyl (C=O) groups is 2. The van der Waals surface area contributed by atoms with Crippen molar-refractivity contribution in [2.45, 2.75) is 31.8 Å². The Morgan fingerprint density at radius 1 is 1.33 bits per heavy atom. The van der Waals surface area contributed by atoms with Gasteiger partial charge in [0.15, 0.2) is 5.78 Å². The fourth-order valence-corrected chi connectivity index (χ4v) is 3.03. The first kappa shape index (κ1) is 13.9. The number of piperidine rings is 1. The quantitative estimate of drug-likeness (QED) is 0.797. The summed E-state index contributed by atoms with van der Waals surface area (Å²) in [5.41, 5.74) is 0.199. The fraction of sp³-hybridized carbons (Fsp3) is 0.500. The normalized spacial score (nSPS) is 19.9. The van der Waals surface area contributed by atoms with Crippen molar-refractivity contribution in [3.05, 3.63) is 29.8 Å². The first-order valence-corrected chi connectivity index (χ1v) is 7.36. The lowest BCUT2D eigenvalue weighted by Gasteiger charge is -2.43. The van der Waals surface area contributed by atoms with Crippen molar-refractivity contribution >= 4 is 11.9 Å². The number of hydrogen-bond acceptors (Lipinski definition) is 4. The Kier molecular flexibility index (Phi) is 3.57. The van der Waals surface area contributed by atoms with Crippen LogP contribution in [0.4, 0.5) is 4.79 Å². The van der Waals surface area contributed by atoms with E-state index in [2.05, 4.69) is 0 Å². The largest absolute Gasteiger partial charge is 0.486 e. The van der Waals surface area contributed by atoms with E-state index in [9.17, 15) is 9.59 Å². The summed E-state index contributed by atoms with van der Waals surface area (Å²) >= 11 is 0. The Morgan fingerprint density at radius 2 is 2.05 bits per heavy atom. The van der Waals surface area contributed by atoms with Gasteiger partial charge in [0.25, 0.3) is 0 Å². The highest BCUT2D eigenvalue weighted by Gasteiger charge is 2.43. The van der Waals surface area contributed by atoms with Gasteiger partial charge in [0.1, 0.15) is 11.4 Å². The van der Waals surface area contributed by atoms with Crippen LogP contribution in [0.2, 0.25) is 0 Å². The Balaban J connectivity index is 1.72. The zero-order chi connectivity index (χ0) is 14.9. The monoisotopic (exact) mass is 289 g/mol. The van der Waals surface area contributed by atoms with E-state index in [1.807, 2.05) is 18.2 Å². The topological polar surface area (TPSA) is 55.8 Å². The maximum Gasteiger partial charge on any atom is 0.409 e. The maximum atomic E-state index is 12.3. The molecule has 0 aromatic heterocycles. The van der Waals surface area contributed by atoms with Crippen LogP contribution in [0.15, 0.2) is 24.3 Å². The van der Waals surface area contributed by atoms with Gasteiger partial charge in [-0.25, -0.2) is 4.79 Å². The summed E-state index contributed by atoms with van der Waals surface area (Å²) < 4.78 is 11.1. The van der Waals surface area contributed by atoms with E-state index < -0.39 is 5.60 Å². The van der Waals surface area contributed by atoms with Gasteiger partial charge in [-0.05, 0) is 19.1 Å². The third kappa shape index (κ3) is 2.60. The summed E-state index contributed by atoms with van der Waals surface area (Å²) in [7, 11) is 0. The summed E-state index contributed by atoms with van der Waals surface area (Å²) in [6.07, 6.45) is 1.42. The predicted octanol–water partition coefficient (Wildman–Crippen LogP) is 2.64. The van der Waals surface area contributed by atoms with E-state index in [-0.39, 0.29) is 11.9 Å². The van der Waals surface area contributed by atoms with Crippen LogP contribution in [-0.4, -0.2) is 42.1 Å². The molecule has 1 amide bonds. The molecule has 0 N–H and O–H groups in total. The van der Waals surface area contributed by atoms with Gasteiger partial charge in [0.05, 0.1) is 18.6 Å². The molecule has 0 radical (unpaired) electrons. The number of hydrogen-bond donors (Lipinski definition) is 0. The van der Waals surface area contributed by atoms with Crippen molar-refractivity contribution in [3.63, 3.8) is 0 Å². The van der Waals surface area contributed by atoms with Gasteiger partial charge in [-0.15, -0.1) is 0 Å². The van der Waals surface area contributed by atoms with Crippen molar-refractivity contribution in [3.8, 4) is 5.75 Å². The van der Waals surface area contributed by atoms with E-state index in [1.54, 1.807) is 17.9 Å². The molecule has 2 aliphatic rings. The molecule has 0 saturated carbocycles. The number of benzene rings is 1. The van der Waals surface area contributed by atoms with Gasteiger partial charge in [0.2, 0.25) is 0 Å². The molecule has 0 aliphatic carbocycles. The van der Waals surface area contributed by atoms with Crippen LogP contribution >= 0.6 is 0 Å². The molecule has 2 heterocycles. The first-order valence-electron chi connectivity index (χ1n) is 7.36. The molecule has 1 fully saturated rings. The van der Waals surface area contributed by atoms with E-state index in [4.69, 9.17) is 9.47 Å². The molecule has 1 saturated heterocycles. The van der Waals surface area contributed by atoms with Crippen LogP contribution in [0, 0.1) is 0 Å². The van der Waals surface area contributed by atoms with Crippen molar-refractivity contribution < 1.29 is 19.1 Å². The summed E-state index contributed by atoms with van der Waals surface area (Å²) in [6, 6.07) is 7.37. The second-order valence-corrected chi connectivity index (χ2v) is 5.57. The third-order valence-electron chi connectivity index (χ3n) is 4.20. The minimum atomic E-state index is -0.464. The van der Waals surface area contributed by atoms with Gasteiger partial charge in [0, 0.05) is 25.9 Å². The Labute approximate surface area is 123 Å². The van der Waals surface area contributed by atoms with Crippen LogP contribution in [-0.2, 0) is 4.74 Å². The average Bonchev–Trinajstić information content (AvgIpc) is 2.48. The van der Waals surface area contributed by atoms with Gasteiger partial charge in [-0.2, -0.15) is 0 Å². The molecule has 112 valence electrons. The van der Waals surface area contributed by atoms with Crippen molar-refractivity contribution in [2.75, 3.05) is 19.7 Å². The summed E-state index contributed by atoms with van der Waals surface area (Å²) in [5, 5.41) is 0. The van der Waals surface area contributed by atoms with Gasteiger partial charge in [-0.3, -0.25) is 4.79 Å². The number of nitrogens with zero attached hydrogens (tertiary/aromatic N) is 1. The number of rotatable bonds is 1. The van der Waals surface area contributed by atoms with E-state index in [1.165, 1.54) is 0 Å². The number of fused-ring (bicyclic) bond motifs is 1. The van der Waals surface area contributed by atoms with Crippen molar-refractivity contribution in [1.29, 1.82) is 0 Å². The first-order chi connectivity index (χ1) is 10.1. The number of carbonyl (C=O) groups excluding carboxylic acids is 2. The summed E-state index contributed by atoms with van der Waals surface area (Å²) in [4.78, 5) is 25.7. The minimum absolute atomic E-state index is 0.126. The molecule has 0 bridgehead atoms. The Hall–Kier alpha value is -2.04. The van der Waals surface area contributed by atoms with Crippen LogP contribution in [0.3, 0.4) is 0 Å². The highest BCUT2D eigenvalue weighted by atomic mass is 16.6. The zero-order valence-electron chi connectivity index (χ0n) is 12.1. The van der Waals surface area contributed by atoms with Crippen LogP contribution in [0.1, 0.15) is 36.5 Å². The highest BCUT2D eigenvalue weighted by Crippen LogP contribution is 2.39. The molecular formula is C16H19NO4. The highest BCUT2D eigenvalue weighted by molar-refractivity contribution is 6.00. The summed E-state index contributed by atoms with van der Waals surface area (Å²) in [6.45, 7) is 3.30. The van der Waals surface area contributed by atoms with Crippen LogP contribution in [0.25, 0.3) is 0 Å². The standard InChI is InChI=1S/C16H19NO4/c1-2-20-15(19)17-9-7-16(8-10-17)11-13(18)12-5-3-4-6-14(12)21-16/h3-6H,2,7-11H2,1H3. The van der Waals surface area contributed by atoms with E-state index >= 15 is 0 Å². The number of amides is 1. The van der Waals surface area contributed by atoms with Crippen molar-refractivity contribution in [1.82, 2.24) is 4.90 Å². The third-order valence-corrected chi connectivity index (χ3v) is 4.20. The van der Waals surface area contributed by atoms with Crippen molar-refractivity contribution in [2.24, 2.45) is 0 Å². The number of likely N-dealkylation sites (tertiary alicyclic amines) is 1. The molecule has 2 aliphatic heterocycles. The molecule has 0 atom stereocenters. The lowest BCUT2D eigenvalue weighted by atomic mass is 9.82. The number of ether oxygens (including phenoxy) is 2. The number of para-hydroxylation sites is 1. The second kappa shape index (κ2) is 5.39. The Bertz CT molecular complexity index is 561. The zero-order valence-corrected chi connectivity index (χ0v) is 12.1. The molecule has 1 spiro atoms. The van der Waals surface area contributed by atoms with Crippen LogP contribution in [0.5, 0.6) is 5.75 Å². The molecular weight excluding hydrogens is 270 g/mol. The SMILES string of the molecule is CCOC(=O)N1CCC2(CC1)CC(=O)c1ccccc1O2. The molecule has 1 aromatic carbocycles. The molecule has 0 unspecified atom stereocenters. The molecule has 5 nitrogen and oxygen atoms in total. The fourth-order valence-electron chi connectivity index (χ4n) is 3.03. The van der Waals surface area contributed by atoms with Gasteiger partial charge < -0.3 is 14.4 Å². The second-order valence-electron chi connectivity index (χ2n) is 5.57. The lowest BCUT2D eigenvalue weighted by molar-refractivity contribution is -0.00858. The average molecular weight is 289 g/mol. The van der Waals surface area contributed by atoms with E-state index in [0.29, 0.717) is 50.3 Å².